The van der Waals surface area contributed by atoms with Gasteiger partial charge in [0.15, 0.2) is 0 Å². The van der Waals surface area contributed by atoms with E-state index in [9.17, 15) is 26.4 Å². The second-order valence-electron chi connectivity index (χ2n) is 10.1. The van der Waals surface area contributed by atoms with Crippen molar-refractivity contribution in [2.24, 2.45) is 0 Å². The number of alkyl halides is 3. The number of hydrogen-bond acceptors (Lipinski definition) is 8. The quantitative estimate of drug-likeness (QED) is 0.103. The van der Waals surface area contributed by atoms with Gasteiger partial charge in [0.1, 0.15) is 29.5 Å². The van der Waals surface area contributed by atoms with E-state index >= 15 is 0 Å². The van der Waals surface area contributed by atoms with Crippen LogP contribution in [0.3, 0.4) is 0 Å². The predicted octanol–water partition coefficient (Wildman–Crippen LogP) is 7.00. The van der Waals surface area contributed by atoms with Gasteiger partial charge in [-0.3, -0.25) is 4.72 Å². The van der Waals surface area contributed by atoms with Crippen LogP contribution in [0.15, 0.2) is 60.7 Å². The van der Waals surface area contributed by atoms with Crippen molar-refractivity contribution in [3.05, 3.63) is 77.5 Å². The van der Waals surface area contributed by atoms with Gasteiger partial charge in [-0.2, -0.15) is 21.6 Å². The number of nitrogens with zero attached hydrogens (tertiary/aromatic N) is 1. The first-order valence-electron chi connectivity index (χ1n) is 14.5. The molecule has 0 saturated carbocycles. The molecular formula is C32H37F3N2O8S. The van der Waals surface area contributed by atoms with Gasteiger partial charge in [0.25, 0.3) is 0 Å². The predicted molar refractivity (Wildman–Crippen MR) is 167 cm³/mol. The van der Waals surface area contributed by atoms with Gasteiger partial charge in [-0.05, 0) is 66.8 Å². The highest BCUT2D eigenvalue weighted by molar-refractivity contribution is 7.93. The van der Waals surface area contributed by atoms with Gasteiger partial charge in [0.2, 0.25) is 5.88 Å². The molecule has 0 fully saturated rings. The maximum atomic E-state index is 12.9. The van der Waals surface area contributed by atoms with Crippen LogP contribution in [0.4, 0.5) is 18.9 Å². The minimum Gasteiger partial charge on any atom is -0.497 e. The van der Waals surface area contributed by atoms with E-state index in [2.05, 4.69) is 17.1 Å². The molecule has 2 aromatic carbocycles. The first kappa shape index (κ1) is 36.0. The monoisotopic (exact) mass is 666 g/mol. The Bertz CT molecular complexity index is 1560. The van der Waals surface area contributed by atoms with Gasteiger partial charge in [0.05, 0.1) is 26.5 Å². The number of hydrogen-bond donors (Lipinski definition) is 2. The average molecular weight is 667 g/mol. The first-order valence-corrected chi connectivity index (χ1v) is 16.0. The minimum absolute atomic E-state index is 0.0836. The fourth-order valence-corrected chi connectivity index (χ4v) is 4.88. The molecule has 0 aliphatic heterocycles. The summed E-state index contributed by atoms with van der Waals surface area (Å²) in [6.07, 6.45) is 9.39. The van der Waals surface area contributed by atoms with E-state index in [1.807, 2.05) is 12.1 Å². The van der Waals surface area contributed by atoms with Crippen molar-refractivity contribution in [3.63, 3.8) is 0 Å². The number of carboxylic acid groups (broad SMARTS) is 1. The van der Waals surface area contributed by atoms with Crippen LogP contribution in [0.25, 0.3) is 6.08 Å². The number of methoxy groups -OCH3 is 2. The Kier molecular flexibility index (Phi) is 13.5. The Labute approximate surface area is 266 Å². The number of aryl methyl sites for hydroxylation is 1. The number of ether oxygens (including phenoxy) is 4. The lowest BCUT2D eigenvalue weighted by Gasteiger charge is -2.15. The van der Waals surface area contributed by atoms with Gasteiger partial charge in [-0.15, -0.1) is 0 Å². The Hall–Kier alpha value is -4.46. The zero-order valence-corrected chi connectivity index (χ0v) is 26.3. The second kappa shape index (κ2) is 17.3. The van der Waals surface area contributed by atoms with E-state index < -0.39 is 27.2 Å². The minimum atomic E-state index is -5.68. The highest BCUT2D eigenvalue weighted by Crippen LogP contribution is 2.32. The molecule has 3 aromatic rings. The summed E-state index contributed by atoms with van der Waals surface area (Å²) in [6, 6.07) is 15.1. The number of sulfonamides is 1. The number of rotatable bonds is 19. The molecule has 0 unspecified atom stereocenters. The Balaban J connectivity index is 1.51. The smallest absolute Gasteiger partial charge is 0.497 e. The van der Waals surface area contributed by atoms with Crippen molar-refractivity contribution in [1.29, 1.82) is 0 Å². The summed E-state index contributed by atoms with van der Waals surface area (Å²) in [4.78, 5) is 15.4. The fourth-order valence-electron chi connectivity index (χ4n) is 4.31. The number of unbranched alkanes of at least 4 members (excludes halogenated alkanes) is 5. The van der Waals surface area contributed by atoms with Crippen molar-refractivity contribution in [1.82, 2.24) is 4.98 Å². The van der Waals surface area contributed by atoms with Gasteiger partial charge in [-0.25, -0.2) is 9.78 Å². The Morgan fingerprint density at radius 3 is 2.17 bits per heavy atom. The molecule has 46 heavy (non-hydrogen) atoms. The second-order valence-corrected chi connectivity index (χ2v) is 11.8. The third-order valence-corrected chi connectivity index (χ3v) is 7.82. The third kappa shape index (κ3) is 11.5. The zero-order valence-electron chi connectivity index (χ0n) is 25.5. The number of aromatic nitrogens is 1. The Morgan fingerprint density at radius 1 is 0.870 bits per heavy atom. The van der Waals surface area contributed by atoms with E-state index in [-0.39, 0.29) is 23.9 Å². The molecule has 0 radical (unpaired) electrons. The molecular weight excluding hydrogens is 629 g/mol. The SMILES string of the molecule is COc1ccc(CCCCCCCCOc2ccc(OCc3ccc(OC)c(NS(=O)(=O)C(F)(F)F)c3)nc2C=CC(=O)O)cc1. The molecule has 0 spiro atoms. The Morgan fingerprint density at radius 2 is 1.52 bits per heavy atom. The zero-order chi connectivity index (χ0) is 33.6. The van der Waals surface area contributed by atoms with Crippen molar-refractivity contribution >= 4 is 27.8 Å². The molecule has 0 atom stereocenters. The molecule has 3 rings (SSSR count). The summed E-state index contributed by atoms with van der Waals surface area (Å²) in [5, 5.41) is 9.09. The molecule has 0 aliphatic carbocycles. The van der Waals surface area contributed by atoms with Crippen molar-refractivity contribution in [2.45, 2.75) is 57.1 Å². The van der Waals surface area contributed by atoms with Crippen LogP contribution in [-0.4, -0.2) is 50.8 Å². The van der Waals surface area contributed by atoms with Crippen LogP contribution < -0.4 is 23.7 Å². The average Bonchev–Trinajstić information content (AvgIpc) is 3.02. The number of halogens is 3. The van der Waals surface area contributed by atoms with Crippen molar-refractivity contribution < 1.29 is 50.4 Å². The maximum absolute atomic E-state index is 12.9. The van der Waals surface area contributed by atoms with Crippen LogP contribution >= 0.6 is 0 Å². The van der Waals surface area contributed by atoms with E-state index in [0.717, 1.165) is 62.8 Å². The number of benzene rings is 2. The summed E-state index contributed by atoms with van der Waals surface area (Å²) >= 11 is 0. The molecule has 2 N–H and O–H groups in total. The molecule has 1 heterocycles. The lowest BCUT2D eigenvalue weighted by Crippen LogP contribution is -2.30. The fraction of sp³-hybridized carbons (Fsp3) is 0.375. The molecule has 250 valence electrons. The topological polar surface area (TPSA) is 133 Å². The van der Waals surface area contributed by atoms with Gasteiger partial charge in [0, 0.05) is 12.1 Å². The normalized spacial score (nSPS) is 11.8. The van der Waals surface area contributed by atoms with Gasteiger partial charge < -0.3 is 24.1 Å². The molecule has 0 amide bonds. The van der Waals surface area contributed by atoms with E-state index in [4.69, 9.17) is 24.1 Å². The number of anilines is 1. The molecule has 14 heteroatoms. The van der Waals surface area contributed by atoms with Gasteiger partial charge in [-0.1, -0.05) is 43.9 Å². The van der Waals surface area contributed by atoms with Crippen LogP contribution in [0, 0.1) is 0 Å². The van der Waals surface area contributed by atoms with Gasteiger partial charge >= 0.3 is 21.5 Å². The number of pyridine rings is 1. The number of carboxylic acids is 1. The highest BCUT2D eigenvalue weighted by Gasteiger charge is 2.46. The van der Waals surface area contributed by atoms with Crippen LogP contribution in [0.5, 0.6) is 23.1 Å². The largest absolute Gasteiger partial charge is 0.516 e. The summed E-state index contributed by atoms with van der Waals surface area (Å²) in [7, 11) is -2.84. The van der Waals surface area contributed by atoms with Crippen LogP contribution in [-0.2, 0) is 27.8 Å². The third-order valence-electron chi connectivity index (χ3n) is 6.72. The lowest BCUT2D eigenvalue weighted by atomic mass is 10.0. The summed E-state index contributed by atoms with van der Waals surface area (Å²) < 4.78 is 84.9. The summed E-state index contributed by atoms with van der Waals surface area (Å²) in [5.41, 5.74) is -4.12. The van der Waals surface area contributed by atoms with E-state index in [1.165, 1.54) is 41.7 Å². The van der Waals surface area contributed by atoms with Crippen molar-refractivity contribution in [3.8, 4) is 23.1 Å². The summed E-state index contributed by atoms with van der Waals surface area (Å²) in [6.45, 7) is 0.213. The number of carbonyl (C=O) groups is 1. The molecule has 0 aliphatic rings. The molecule has 0 saturated heterocycles. The number of aliphatic carboxylic acids is 1. The molecule has 10 nitrogen and oxygen atoms in total. The van der Waals surface area contributed by atoms with Crippen LogP contribution in [0.2, 0.25) is 0 Å². The van der Waals surface area contributed by atoms with E-state index in [1.54, 1.807) is 13.2 Å². The lowest BCUT2D eigenvalue weighted by molar-refractivity contribution is -0.131. The molecule has 1 aromatic heterocycles. The maximum Gasteiger partial charge on any atom is 0.516 e. The standard InChI is InChI=1S/C32H37F3N2O8S/c1-42-25-13-10-23(11-14-25)9-7-5-3-4-6-8-20-44-29-17-18-30(36-26(29)15-19-31(38)39)45-22-24-12-16-28(43-2)27(21-24)37-46(40,41)32(33,34)35/h10-19,21,37H,3-9,20,22H2,1-2H3,(H,38,39). The summed E-state index contributed by atoms with van der Waals surface area (Å²) in [5.74, 6) is -0.0128. The first-order chi connectivity index (χ1) is 21.9. The molecule has 0 bridgehead atoms. The van der Waals surface area contributed by atoms with Crippen molar-refractivity contribution in [2.75, 3.05) is 25.5 Å². The number of nitrogens with one attached hydrogen (secondary N) is 1. The van der Waals surface area contributed by atoms with Crippen LogP contribution in [0.1, 0.15) is 55.3 Å². The van der Waals surface area contributed by atoms with E-state index in [0.29, 0.717) is 17.9 Å². The highest BCUT2D eigenvalue weighted by atomic mass is 32.2.